The van der Waals surface area contributed by atoms with Crippen molar-refractivity contribution in [3.05, 3.63) is 72.0 Å². The van der Waals surface area contributed by atoms with Gasteiger partial charge >= 0.3 is 0 Å². The number of para-hydroxylation sites is 1. The maximum atomic E-state index is 10.5. The molecule has 85 valence electrons. The van der Waals surface area contributed by atoms with Gasteiger partial charge in [0, 0.05) is 44.0 Å². The number of anilines is 1. The smallest absolute Gasteiger partial charge is 0.0817 e. The summed E-state index contributed by atoms with van der Waals surface area (Å²) in [5.74, 6) is -0.738. The maximum absolute atomic E-state index is 10.5. The van der Waals surface area contributed by atoms with Gasteiger partial charge in [-0.2, -0.15) is 36.4 Å². The molecule has 0 heterocycles. The fraction of sp³-hybridized carbons (Fsp3) is 0. The zero-order valence-corrected chi connectivity index (χ0v) is 12.1. The molecule has 1 amide bonds. The molecule has 4 heteroatoms. The van der Waals surface area contributed by atoms with E-state index in [1.54, 1.807) is 18.2 Å². The van der Waals surface area contributed by atoms with Crippen molar-refractivity contribution >= 4 is 11.6 Å². The van der Waals surface area contributed by atoms with Crippen LogP contribution in [-0.2, 0) is 32.7 Å². The Bertz CT molecular complexity index is 419. The molecule has 0 spiro atoms. The molecule has 0 aliphatic rings. The van der Waals surface area contributed by atoms with Gasteiger partial charge in [0.05, 0.1) is 5.91 Å². The number of carbonyl (C=O) groups excluding carboxylic acids is 1. The molecule has 0 saturated carbocycles. The van der Waals surface area contributed by atoms with Gasteiger partial charge < -0.3 is 16.3 Å². The van der Waals surface area contributed by atoms with Crippen molar-refractivity contribution in [3.63, 3.8) is 0 Å². The first-order valence-corrected chi connectivity index (χ1v) is 4.73. The van der Waals surface area contributed by atoms with Crippen LogP contribution in [0.4, 0.5) is 5.69 Å². The standard InChI is InChI=1S/C7H8N2O.C6H5.Y/c8-6-4-2-1-3-5(6)7(9)10;1-2-4-6-5-3-1;/h1-4H,(H4,8,9,10);1-5H;/q;-1;/p-1. The molecule has 2 aromatic carbocycles. The van der Waals surface area contributed by atoms with Gasteiger partial charge in [-0.15, -0.1) is 0 Å². The van der Waals surface area contributed by atoms with E-state index in [1.165, 1.54) is 6.07 Å². The second-order valence-electron chi connectivity index (χ2n) is 2.99. The predicted octanol–water partition coefficient (Wildman–Crippen LogP) is 2.95. The minimum Gasteiger partial charge on any atom is -0.663 e. The molecular weight excluding hydrogens is 289 g/mol. The molecule has 0 aromatic heterocycles. The molecule has 3 nitrogen and oxygen atoms in total. The Morgan fingerprint density at radius 2 is 1.65 bits per heavy atom. The van der Waals surface area contributed by atoms with Crippen LogP contribution in [0, 0.1) is 6.07 Å². The van der Waals surface area contributed by atoms with Crippen molar-refractivity contribution in [3.8, 4) is 0 Å². The van der Waals surface area contributed by atoms with Crippen LogP contribution in [0.2, 0.25) is 0 Å². The molecule has 3 N–H and O–H groups in total. The summed E-state index contributed by atoms with van der Waals surface area (Å²) in [5.41, 5.74) is 12.8. The number of nitrogen functional groups attached to an aromatic ring is 1. The summed E-state index contributed by atoms with van der Waals surface area (Å²) in [7, 11) is 0. The summed E-state index contributed by atoms with van der Waals surface area (Å²) < 4.78 is 0. The summed E-state index contributed by atoms with van der Waals surface area (Å²) in [6, 6.07) is 19.0. The quantitative estimate of drug-likeness (QED) is 0.650. The van der Waals surface area contributed by atoms with E-state index >= 15 is 0 Å². The Morgan fingerprint density at radius 1 is 1.06 bits per heavy atom. The van der Waals surface area contributed by atoms with E-state index in [0.29, 0.717) is 5.69 Å². The number of amides is 1. The predicted molar refractivity (Wildman–Crippen MR) is 64.8 cm³/mol. The number of carbonyl (C=O) groups is 1. The maximum Gasteiger partial charge on any atom is 0.0817 e. The monoisotopic (exact) mass is 301 g/mol. The van der Waals surface area contributed by atoms with Gasteiger partial charge in [0.1, 0.15) is 0 Å². The van der Waals surface area contributed by atoms with Gasteiger partial charge in [-0.1, -0.05) is 18.2 Å². The van der Waals surface area contributed by atoms with Gasteiger partial charge in [0.25, 0.3) is 0 Å². The van der Waals surface area contributed by atoms with Gasteiger partial charge in [0.15, 0.2) is 0 Å². The largest absolute Gasteiger partial charge is 0.663 e. The third kappa shape index (κ3) is 6.20. The first kappa shape index (κ1) is 15.8. The van der Waals surface area contributed by atoms with Crippen LogP contribution in [0.3, 0.4) is 0 Å². The molecule has 0 unspecified atom stereocenters. The van der Waals surface area contributed by atoms with E-state index < -0.39 is 5.91 Å². The molecule has 2 aromatic rings. The average Bonchev–Trinajstić information content (AvgIpc) is 2.32. The molecule has 0 fully saturated rings. The number of nitrogens with one attached hydrogen (secondary N) is 1. The fourth-order valence-corrected chi connectivity index (χ4v) is 1.05. The molecule has 0 aliphatic heterocycles. The Kier molecular flexibility index (Phi) is 8.29. The van der Waals surface area contributed by atoms with Gasteiger partial charge in [-0.3, -0.25) is 0 Å². The van der Waals surface area contributed by atoms with Crippen molar-refractivity contribution in [2.45, 2.75) is 0 Å². The zero-order valence-electron chi connectivity index (χ0n) is 9.26. The minimum atomic E-state index is -0.738. The van der Waals surface area contributed by atoms with Crippen molar-refractivity contribution in [2.24, 2.45) is 0 Å². The van der Waals surface area contributed by atoms with E-state index in [-0.39, 0.29) is 38.3 Å². The summed E-state index contributed by atoms with van der Waals surface area (Å²) >= 11 is 0. The summed E-state index contributed by atoms with van der Waals surface area (Å²) in [5, 5.41) is 0. The molecule has 2 rings (SSSR count). The van der Waals surface area contributed by atoms with E-state index in [9.17, 15) is 4.79 Å². The topological polar surface area (TPSA) is 66.9 Å². The molecule has 0 atom stereocenters. The molecule has 0 aliphatic carbocycles. The van der Waals surface area contributed by atoms with Crippen molar-refractivity contribution < 1.29 is 37.5 Å². The minimum absolute atomic E-state index is 0. The number of hydrogen-bond acceptors (Lipinski definition) is 2. The van der Waals surface area contributed by atoms with Crippen molar-refractivity contribution in [2.75, 3.05) is 5.73 Å². The average molecular weight is 301 g/mol. The summed E-state index contributed by atoms with van der Waals surface area (Å²) in [4.78, 5) is 10.5. The van der Waals surface area contributed by atoms with E-state index in [2.05, 4.69) is 6.07 Å². The zero-order chi connectivity index (χ0) is 11.8. The van der Waals surface area contributed by atoms with Crippen LogP contribution in [0.15, 0.2) is 54.6 Å². The van der Waals surface area contributed by atoms with Crippen LogP contribution in [0.25, 0.3) is 5.73 Å². The molecule has 17 heavy (non-hydrogen) atoms. The van der Waals surface area contributed by atoms with Gasteiger partial charge in [0.2, 0.25) is 0 Å². The Hall–Kier alpha value is -1.19. The third-order valence-corrected chi connectivity index (χ3v) is 1.81. The normalized spacial score (nSPS) is 8.24. The second-order valence-corrected chi connectivity index (χ2v) is 2.99. The van der Waals surface area contributed by atoms with Crippen LogP contribution >= 0.6 is 0 Å². The molecule has 1 radical (unpaired) electrons. The van der Waals surface area contributed by atoms with Crippen LogP contribution in [0.5, 0.6) is 0 Å². The van der Waals surface area contributed by atoms with E-state index in [0.717, 1.165) is 0 Å². The van der Waals surface area contributed by atoms with E-state index in [4.69, 9.17) is 11.5 Å². The summed E-state index contributed by atoms with van der Waals surface area (Å²) in [6.45, 7) is 0. The van der Waals surface area contributed by atoms with E-state index in [1.807, 2.05) is 30.3 Å². The third-order valence-electron chi connectivity index (χ3n) is 1.81. The van der Waals surface area contributed by atoms with Crippen LogP contribution in [0.1, 0.15) is 10.4 Å². The van der Waals surface area contributed by atoms with Crippen LogP contribution in [-0.4, -0.2) is 5.91 Å². The first-order valence-electron chi connectivity index (χ1n) is 4.73. The van der Waals surface area contributed by atoms with Gasteiger partial charge in [-0.25, -0.2) is 0 Å². The number of rotatable bonds is 1. The van der Waals surface area contributed by atoms with Crippen LogP contribution < -0.4 is 5.73 Å². The first-order chi connectivity index (χ1) is 7.72. The Balaban J connectivity index is 0.000000316. The number of nitrogens with two attached hydrogens (primary N) is 1. The Morgan fingerprint density at radius 3 is 1.94 bits per heavy atom. The fourth-order valence-electron chi connectivity index (χ4n) is 1.05. The Labute approximate surface area is 126 Å². The second kappa shape index (κ2) is 8.91. The molecule has 0 saturated heterocycles. The van der Waals surface area contributed by atoms with Crippen molar-refractivity contribution in [1.82, 2.24) is 0 Å². The molecule has 0 bridgehead atoms. The van der Waals surface area contributed by atoms with Crippen molar-refractivity contribution in [1.29, 1.82) is 0 Å². The van der Waals surface area contributed by atoms with Gasteiger partial charge in [-0.05, 0) is 6.07 Å². The summed E-state index contributed by atoms with van der Waals surface area (Å²) in [6.07, 6.45) is 0. The number of benzene rings is 2. The SMILES string of the molecule is [NH-]C(=O)c1ccccc1N.[Y].[c-]1ccccc1. The number of hydrogen-bond donors (Lipinski definition) is 1. The molecular formula is C13H12N2OY-2.